The highest BCUT2D eigenvalue weighted by atomic mass is 32.2. The maximum Gasteiger partial charge on any atom is 0.240 e. The van der Waals surface area contributed by atoms with Crippen LogP contribution in [0.15, 0.2) is 53.4 Å². The second-order valence-corrected chi connectivity index (χ2v) is 7.76. The van der Waals surface area contributed by atoms with Crippen LogP contribution < -0.4 is 14.2 Å². The highest BCUT2D eigenvalue weighted by molar-refractivity contribution is 7.89. The summed E-state index contributed by atoms with van der Waals surface area (Å²) in [6, 6.07) is 14.2. The van der Waals surface area contributed by atoms with Crippen molar-refractivity contribution in [1.82, 2.24) is 4.72 Å². The van der Waals surface area contributed by atoms with Gasteiger partial charge in [-0.3, -0.25) is 0 Å². The molecule has 0 radical (unpaired) electrons. The predicted molar refractivity (Wildman–Crippen MR) is 98.7 cm³/mol. The predicted octanol–water partition coefficient (Wildman–Crippen LogP) is 3.39. The number of hydrogen-bond donors (Lipinski definition) is 1. The molecule has 0 saturated carbocycles. The Balaban J connectivity index is 1.85. The van der Waals surface area contributed by atoms with Crippen LogP contribution in [0.3, 0.4) is 0 Å². The lowest BCUT2D eigenvalue weighted by Crippen LogP contribution is -2.25. The second-order valence-electron chi connectivity index (χ2n) is 5.99. The van der Waals surface area contributed by atoms with E-state index in [0.29, 0.717) is 18.7 Å². The van der Waals surface area contributed by atoms with Crippen molar-refractivity contribution >= 4 is 10.0 Å². The van der Waals surface area contributed by atoms with E-state index in [0.717, 1.165) is 17.7 Å². The summed E-state index contributed by atoms with van der Waals surface area (Å²) in [4.78, 5) is 0.237. The molecule has 0 aromatic heterocycles. The molecular formula is C19H25NO4S. The molecule has 6 heteroatoms. The lowest BCUT2D eigenvalue weighted by atomic mass is 10.1. The van der Waals surface area contributed by atoms with Crippen molar-refractivity contribution in [3.05, 3.63) is 54.1 Å². The minimum atomic E-state index is -3.49. The Bertz CT molecular complexity index is 770. The molecule has 0 amide bonds. The van der Waals surface area contributed by atoms with Crippen molar-refractivity contribution < 1.29 is 17.9 Å². The van der Waals surface area contributed by atoms with Gasteiger partial charge in [0.15, 0.2) is 0 Å². The smallest absolute Gasteiger partial charge is 0.240 e. The molecule has 2 aromatic rings. The molecule has 136 valence electrons. The summed E-state index contributed by atoms with van der Waals surface area (Å²) < 4.78 is 37.8. The van der Waals surface area contributed by atoms with Crippen LogP contribution in [-0.2, 0) is 16.4 Å². The fourth-order valence-corrected chi connectivity index (χ4v) is 3.46. The van der Waals surface area contributed by atoms with Gasteiger partial charge < -0.3 is 9.47 Å². The third kappa shape index (κ3) is 6.07. The Labute approximate surface area is 150 Å². The van der Waals surface area contributed by atoms with Crippen molar-refractivity contribution in [2.75, 3.05) is 13.7 Å². The molecule has 0 aliphatic rings. The van der Waals surface area contributed by atoms with E-state index in [9.17, 15) is 8.42 Å². The number of benzene rings is 2. The minimum absolute atomic E-state index is 0.131. The standard InChI is InChI=1S/C19H25NO4S/c1-15(2)24-18-8-4-6-16(14-18)7-5-13-20-25(21,22)19-11-9-17(23-3)10-12-19/h4,6,8-12,14-15,20H,5,7,13H2,1-3H3. The van der Waals surface area contributed by atoms with Crippen LogP contribution in [-0.4, -0.2) is 28.2 Å². The average molecular weight is 363 g/mol. The molecule has 2 rings (SSSR count). The molecule has 0 fully saturated rings. The number of rotatable bonds is 9. The summed E-state index contributed by atoms with van der Waals surface area (Å²) in [5, 5.41) is 0. The quantitative estimate of drug-likeness (QED) is 0.694. The first-order valence-electron chi connectivity index (χ1n) is 8.30. The zero-order valence-electron chi connectivity index (χ0n) is 14.9. The molecule has 0 atom stereocenters. The van der Waals surface area contributed by atoms with Crippen molar-refractivity contribution in [2.45, 2.75) is 37.7 Å². The number of ether oxygens (including phenoxy) is 2. The first kappa shape index (κ1) is 19.3. The number of methoxy groups -OCH3 is 1. The Morgan fingerprint density at radius 2 is 1.76 bits per heavy atom. The fourth-order valence-electron chi connectivity index (χ4n) is 2.38. The molecule has 5 nitrogen and oxygen atoms in total. The summed E-state index contributed by atoms with van der Waals surface area (Å²) >= 11 is 0. The van der Waals surface area contributed by atoms with Gasteiger partial charge in [0.1, 0.15) is 11.5 Å². The van der Waals surface area contributed by atoms with E-state index in [2.05, 4.69) is 4.72 Å². The molecule has 0 spiro atoms. The Morgan fingerprint density at radius 1 is 1.04 bits per heavy atom. The molecule has 0 aliphatic carbocycles. The van der Waals surface area contributed by atoms with E-state index in [-0.39, 0.29) is 11.0 Å². The van der Waals surface area contributed by atoms with Crippen LogP contribution in [0.5, 0.6) is 11.5 Å². The number of hydrogen-bond acceptors (Lipinski definition) is 4. The van der Waals surface area contributed by atoms with Crippen molar-refractivity contribution in [3.8, 4) is 11.5 Å². The SMILES string of the molecule is COc1ccc(S(=O)(=O)NCCCc2cccc(OC(C)C)c2)cc1. The van der Waals surface area contributed by atoms with Gasteiger partial charge in [-0.1, -0.05) is 12.1 Å². The van der Waals surface area contributed by atoms with Crippen LogP contribution in [0.25, 0.3) is 0 Å². The van der Waals surface area contributed by atoms with E-state index in [1.165, 1.54) is 12.1 Å². The molecule has 2 aromatic carbocycles. The molecule has 1 N–H and O–H groups in total. The zero-order valence-corrected chi connectivity index (χ0v) is 15.7. The summed E-state index contributed by atoms with van der Waals surface area (Å²) in [5.74, 6) is 1.47. The van der Waals surface area contributed by atoms with Gasteiger partial charge in [-0.25, -0.2) is 13.1 Å². The van der Waals surface area contributed by atoms with Gasteiger partial charge in [0.25, 0.3) is 0 Å². The lowest BCUT2D eigenvalue weighted by Gasteiger charge is -2.11. The molecule has 25 heavy (non-hydrogen) atoms. The molecular weight excluding hydrogens is 338 g/mol. The summed E-state index contributed by atoms with van der Waals surface area (Å²) in [5.41, 5.74) is 1.13. The van der Waals surface area contributed by atoms with Crippen LogP contribution in [0.4, 0.5) is 0 Å². The van der Waals surface area contributed by atoms with E-state index < -0.39 is 10.0 Å². The van der Waals surface area contributed by atoms with Crippen LogP contribution in [0.1, 0.15) is 25.8 Å². The Hall–Kier alpha value is -2.05. The van der Waals surface area contributed by atoms with Crippen molar-refractivity contribution in [1.29, 1.82) is 0 Å². The highest BCUT2D eigenvalue weighted by Gasteiger charge is 2.13. The first-order valence-corrected chi connectivity index (χ1v) is 9.78. The van der Waals surface area contributed by atoms with Gasteiger partial charge in [0.2, 0.25) is 10.0 Å². The highest BCUT2D eigenvalue weighted by Crippen LogP contribution is 2.17. The van der Waals surface area contributed by atoms with Gasteiger partial charge >= 0.3 is 0 Å². The van der Waals surface area contributed by atoms with Crippen molar-refractivity contribution in [2.24, 2.45) is 0 Å². The Kier molecular flexibility index (Phi) is 6.84. The van der Waals surface area contributed by atoms with Crippen LogP contribution in [0, 0.1) is 0 Å². The van der Waals surface area contributed by atoms with E-state index >= 15 is 0 Å². The number of aryl methyl sites for hydroxylation is 1. The minimum Gasteiger partial charge on any atom is -0.497 e. The maximum absolute atomic E-state index is 12.2. The molecule has 0 heterocycles. The van der Waals surface area contributed by atoms with E-state index in [4.69, 9.17) is 9.47 Å². The Morgan fingerprint density at radius 3 is 2.40 bits per heavy atom. The van der Waals surface area contributed by atoms with Gasteiger partial charge in [-0.15, -0.1) is 0 Å². The number of sulfonamides is 1. The third-order valence-corrected chi connectivity index (χ3v) is 5.05. The van der Waals surface area contributed by atoms with Crippen molar-refractivity contribution in [3.63, 3.8) is 0 Å². The van der Waals surface area contributed by atoms with Gasteiger partial charge in [0, 0.05) is 6.54 Å². The summed E-state index contributed by atoms with van der Waals surface area (Å²) in [7, 11) is -1.95. The van der Waals surface area contributed by atoms with E-state index in [1.807, 2.05) is 38.1 Å². The molecule has 0 unspecified atom stereocenters. The fraction of sp³-hybridized carbons (Fsp3) is 0.368. The average Bonchev–Trinajstić information content (AvgIpc) is 2.58. The zero-order chi connectivity index (χ0) is 18.3. The van der Waals surface area contributed by atoms with Gasteiger partial charge in [-0.2, -0.15) is 0 Å². The monoisotopic (exact) mass is 363 g/mol. The normalized spacial score (nSPS) is 11.5. The molecule has 0 bridgehead atoms. The topological polar surface area (TPSA) is 64.6 Å². The maximum atomic E-state index is 12.2. The van der Waals surface area contributed by atoms with Gasteiger partial charge in [-0.05, 0) is 68.7 Å². The second kappa shape index (κ2) is 8.87. The summed E-state index contributed by atoms with van der Waals surface area (Å²) in [6.45, 7) is 4.35. The molecule has 0 saturated heterocycles. The summed E-state index contributed by atoms with van der Waals surface area (Å²) in [6.07, 6.45) is 1.62. The molecule has 0 aliphatic heterocycles. The number of nitrogens with one attached hydrogen (secondary N) is 1. The van der Waals surface area contributed by atoms with Crippen LogP contribution >= 0.6 is 0 Å². The van der Waals surface area contributed by atoms with Crippen LogP contribution in [0.2, 0.25) is 0 Å². The van der Waals surface area contributed by atoms with Gasteiger partial charge in [0.05, 0.1) is 18.1 Å². The third-order valence-electron chi connectivity index (χ3n) is 3.57. The first-order chi connectivity index (χ1) is 11.9. The largest absolute Gasteiger partial charge is 0.497 e. The lowest BCUT2D eigenvalue weighted by molar-refractivity contribution is 0.242. The van der Waals surface area contributed by atoms with E-state index in [1.54, 1.807) is 19.2 Å².